The van der Waals surface area contributed by atoms with Crippen molar-refractivity contribution < 1.29 is 22.0 Å². The van der Waals surface area contributed by atoms with Crippen molar-refractivity contribution in [2.45, 2.75) is 45.6 Å². The molecule has 0 aliphatic carbocycles. The van der Waals surface area contributed by atoms with E-state index in [4.69, 9.17) is 0 Å². The lowest BCUT2D eigenvalue weighted by Crippen LogP contribution is -2.56. The zero-order chi connectivity index (χ0) is 13.5. The SMILES string of the molecule is CC(C)(C)CC1NN=CN1C(F)(F)C(F)(F)F. The predicted octanol–water partition coefficient (Wildman–Crippen LogP) is 2.75. The molecule has 1 heterocycles. The maximum Gasteiger partial charge on any atom is 0.475 e. The molecule has 1 N–H and O–H groups in total. The van der Waals surface area contributed by atoms with E-state index < -0.39 is 23.8 Å². The lowest BCUT2D eigenvalue weighted by atomic mass is 9.90. The summed E-state index contributed by atoms with van der Waals surface area (Å²) < 4.78 is 62.9. The van der Waals surface area contributed by atoms with E-state index in [0.717, 1.165) is 0 Å². The van der Waals surface area contributed by atoms with Crippen LogP contribution in [0, 0.1) is 5.41 Å². The van der Waals surface area contributed by atoms with Gasteiger partial charge in [-0.3, -0.25) is 10.3 Å². The maximum absolute atomic E-state index is 13.1. The molecule has 0 radical (unpaired) electrons. The highest BCUT2D eigenvalue weighted by molar-refractivity contribution is 5.58. The summed E-state index contributed by atoms with van der Waals surface area (Å²) in [4.78, 5) is -0.0851. The Bertz CT molecular complexity index is 305. The summed E-state index contributed by atoms with van der Waals surface area (Å²) >= 11 is 0. The van der Waals surface area contributed by atoms with E-state index in [1.807, 2.05) is 0 Å². The number of halogens is 5. The first-order valence-electron chi connectivity index (χ1n) is 4.97. The average Bonchev–Trinajstić information content (AvgIpc) is 2.46. The van der Waals surface area contributed by atoms with Crippen molar-refractivity contribution in [3.05, 3.63) is 0 Å². The molecule has 1 atom stereocenters. The number of hydrazone groups is 1. The second-order valence-corrected chi connectivity index (χ2v) is 5.10. The number of alkyl halides is 5. The molecule has 0 saturated carbocycles. The van der Waals surface area contributed by atoms with Crippen molar-refractivity contribution in [2.24, 2.45) is 10.5 Å². The summed E-state index contributed by atoms with van der Waals surface area (Å²) in [5.41, 5.74) is 1.86. The molecule has 1 unspecified atom stereocenters. The number of rotatable bonds is 2. The highest BCUT2D eigenvalue weighted by Crippen LogP contribution is 2.40. The van der Waals surface area contributed by atoms with Gasteiger partial charge in [0, 0.05) is 0 Å². The fourth-order valence-electron chi connectivity index (χ4n) is 1.46. The van der Waals surface area contributed by atoms with Crippen LogP contribution < -0.4 is 5.43 Å². The molecule has 3 nitrogen and oxygen atoms in total. The van der Waals surface area contributed by atoms with E-state index in [2.05, 4.69) is 10.5 Å². The molecule has 0 aromatic heterocycles. The Balaban J connectivity index is 2.86. The molecule has 1 aliphatic rings. The molecule has 1 rings (SSSR count). The molecule has 0 spiro atoms. The van der Waals surface area contributed by atoms with Gasteiger partial charge in [-0.1, -0.05) is 20.8 Å². The van der Waals surface area contributed by atoms with Crippen LogP contribution in [-0.2, 0) is 0 Å². The summed E-state index contributed by atoms with van der Waals surface area (Å²) in [5, 5.41) is 3.28. The number of hydrogen-bond acceptors (Lipinski definition) is 3. The highest BCUT2D eigenvalue weighted by atomic mass is 19.4. The van der Waals surface area contributed by atoms with E-state index in [9.17, 15) is 22.0 Å². The number of nitrogens with one attached hydrogen (secondary N) is 1. The zero-order valence-electron chi connectivity index (χ0n) is 9.65. The number of nitrogens with zero attached hydrogens (tertiary/aromatic N) is 2. The molecule has 0 aromatic carbocycles. The van der Waals surface area contributed by atoms with Gasteiger partial charge < -0.3 is 0 Å². The maximum atomic E-state index is 13.1. The summed E-state index contributed by atoms with van der Waals surface area (Å²) in [5.74, 6) is 0. The quantitative estimate of drug-likeness (QED) is 0.610. The van der Waals surface area contributed by atoms with Gasteiger partial charge in [0.05, 0.1) is 0 Å². The van der Waals surface area contributed by atoms with Gasteiger partial charge in [-0.2, -0.15) is 27.1 Å². The van der Waals surface area contributed by atoms with Gasteiger partial charge in [-0.15, -0.1) is 0 Å². The third-order valence-electron chi connectivity index (χ3n) is 2.21. The Morgan fingerprint density at radius 3 is 2.12 bits per heavy atom. The minimum Gasteiger partial charge on any atom is -0.286 e. The molecule has 0 fully saturated rings. The van der Waals surface area contributed by atoms with Crippen LogP contribution in [0.2, 0.25) is 0 Å². The molecule has 1 aliphatic heterocycles. The van der Waals surface area contributed by atoms with Crippen molar-refractivity contribution in [1.29, 1.82) is 0 Å². The lowest BCUT2D eigenvalue weighted by molar-refractivity contribution is -0.331. The van der Waals surface area contributed by atoms with Gasteiger partial charge in [0.2, 0.25) is 0 Å². The van der Waals surface area contributed by atoms with E-state index >= 15 is 0 Å². The molecule has 0 bridgehead atoms. The minimum atomic E-state index is -5.62. The summed E-state index contributed by atoms with van der Waals surface area (Å²) in [6, 6.07) is -4.92. The largest absolute Gasteiger partial charge is 0.475 e. The van der Waals surface area contributed by atoms with E-state index in [1.54, 1.807) is 20.8 Å². The molecular formula is C9H14F5N3. The third kappa shape index (κ3) is 2.98. The molecule has 0 saturated heterocycles. The minimum absolute atomic E-state index is 0.0851. The molecule has 0 aromatic rings. The second kappa shape index (κ2) is 3.99. The smallest absolute Gasteiger partial charge is 0.286 e. The van der Waals surface area contributed by atoms with Gasteiger partial charge >= 0.3 is 12.2 Å². The van der Waals surface area contributed by atoms with Crippen molar-refractivity contribution in [3.8, 4) is 0 Å². The average molecular weight is 259 g/mol. The zero-order valence-corrected chi connectivity index (χ0v) is 9.65. The molecule has 0 amide bonds. The summed E-state index contributed by atoms with van der Waals surface area (Å²) in [6.07, 6.45) is -6.18. The van der Waals surface area contributed by atoms with Crippen LogP contribution in [0.15, 0.2) is 5.10 Å². The lowest BCUT2D eigenvalue weighted by Gasteiger charge is -2.35. The fraction of sp³-hybridized carbons (Fsp3) is 0.889. The van der Waals surface area contributed by atoms with Crippen LogP contribution in [0.4, 0.5) is 22.0 Å². The van der Waals surface area contributed by atoms with E-state index in [0.29, 0.717) is 6.34 Å². The molecular weight excluding hydrogens is 245 g/mol. The first kappa shape index (κ1) is 14.0. The number of hydrogen-bond donors (Lipinski definition) is 1. The van der Waals surface area contributed by atoms with Crippen LogP contribution in [0.3, 0.4) is 0 Å². The van der Waals surface area contributed by atoms with Crippen LogP contribution in [-0.4, -0.2) is 29.6 Å². The third-order valence-corrected chi connectivity index (χ3v) is 2.21. The first-order valence-corrected chi connectivity index (χ1v) is 4.97. The second-order valence-electron chi connectivity index (χ2n) is 5.10. The molecule has 17 heavy (non-hydrogen) atoms. The van der Waals surface area contributed by atoms with Gasteiger partial charge in [-0.05, 0) is 11.8 Å². The first-order chi connectivity index (χ1) is 7.45. The Labute approximate surface area is 95.7 Å². The monoisotopic (exact) mass is 259 g/mol. The van der Waals surface area contributed by atoms with Crippen molar-refractivity contribution in [1.82, 2.24) is 10.3 Å². The topological polar surface area (TPSA) is 27.6 Å². The van der Waals surface area contributed by atoms with Gasteiger partial charge in [0.15, 0.2) is 0 Å². The molecule has 8 heteroatoms. The van der Waals surface area contributed by atoms with Crippen molar-refractivity contribution >= 4 is 6.34 Å². The fourth-order valence-corrected chi connectivity index (χ4v) is 1.46. The van der Waals surface area contributed by atoms with Crippen molar-refractivity contribution in [3.63, 3.8) is 0 Å². The van der Waals surface area contributed by atoms with Gasteiger partial charge in [0.1, 0.15) is 12.5 Å². The van der Waals surface area contributed by atoms with Crippen molar-refractivity contribution in [2.75, 3.05) is 0 Å². The van der Waals surface area contributed by atoms with Crippen LogP contribution >= 0.6 is 0 Å². The Kier molecular flexibility index (Phi) is 3.28. The van der Waals surface area contributed by atoms with Crippen LogP contribution in [0.1, 0.15) is 27.2 Å². The van der Waals surface area contributed by atoms with E-state index in [1.165, 1.54) is 0 Å². The molecule has 100 valence electrons. The highest BCUT2D eigenvalue weighted by Gasteiger charge is 2.63. The normalized spacial score (nSPS) is 21.9. The predicted molar refractivity (Wildman–Crippen MR) is 52.3 cm³/mol. The van der Waals surface area contributed by atoms with Crippen LogP contribution in [0.25, 0.3) is 0 Å². The Morgan fingerprint density at radius 2 is 1.71 bits per heavy atom. The Hall–Kier alpha value is -1.08. The van der Waals surface area contributed by atoms with Crippen LogP contribution in [0.5, 0.6) is 0 Å². The Morgan fingerprint density at radius 1 is 1.18 bits per heavy atom. The van der Waals surface area contributed by atoms with Gasteiger partial charge in [0.25, 0.3) is 0 Å². The van der Waals surface area contributed by atoms with Gasteiger partial charge in [-0.25, -0.2) is 0 Å². The van der Waals surface area contributed by atoms with E-state index in [-0.39, 0.29) is 11.3 Å². The standard InChI is InChI=1S/C9H14F5N3/c1-7(2,3)4-6-16-15-5-17(6)9(13,14)8(10,11)12/h5-6,16H,4H2,1-3H3. The summed E-state index contributed by atoms with van der Waals surface area (Å²) in [6.45, 7) is 5.24. The summed E-state index contributed by atoms with van der Waals surface area (Å²) in [7, 11) is 0.